The number of fused-ring (bicyclic) bond motifs is 3. The Bertz CT molecular complexity index is 1090. The number of hydrogen-bond donors (Lipinski definition) is 1. The molecule has 0 amide bonds. The molecule has 0 radical (unpaired) electrons. The average molecular weight is 410 g/mol. The van der Waals surface area contributed by atoms with Crippen LogP contribution in [-0.2, 0) is 11.3 Å². The molecule has 2 aromatic heterocycles. The van der Waals surface area contributed by atoms with Gasteiger partial charge in [-0.05, 0) is 38.3 Å². The summed E-state index contributed by atoms with van der Waals surface area (Å²) in [7, 11) is 1.67. The minimum absolute atomic E-state index is 0.233. The second-order valence-corrected chi connectivity index (χ2v) is 7.83. The zero-order valence-electron chi connectivity index (χ0n) is 16.8. The van der Waals surface area contributed by atoms with Crippen molar-refractivity contribution in [2.24, 2.45) is 0 Å². The number of carbonyl (C=O) groups excluding carboxylic acids is 1. The lowest BCUT2D eigenvalue weighted by Gasteiger charge is -2.23. The molecule has 1 aliphatic heterocycles. The van der Waals surface area contributed by atoms with Gasteiger partial charge in [-0.25, -0.2) is 4.79 Å². The Morgan fingerprint density at radius 1 is 1.41 bits per heavy atom. The van der Waals surface area contributed by atoms with Gasteiger partial charge in [0.05, 0.1) is 24.8 Å². The first-order chi connectivity index (χ1) is 14.0. The Labute approximate surface area is 173 Å². The number of ether oxygens (including phenoxy) is 3. The molecule has 0 fully saturated rings. The summed E-state index contributed by atoms with van der Waals surface area (Å²) in [5, 5.41) is 9.30. The van der Waals surface area contributed by atoms with E-state index < -0.39 is 5.97 Å². The SMILES string of the molecule is CCOC(=O)c1[nH]nc2c1COc1c-2cc(C=C(C)C)c(OC)c1-c1cccs1. The van der Waals surface area contributed by atoms with Crippen LogP contribution in [0.2, 0.25) is 0 Å². The van der Waals surface area contributed by atoms with Gasteiger partial charge in [0.2, 0.25) is 0 Å². The van der Waals surface area contributed by atoms with Crippen LogP contribution < -0.4 is 9.47 Å². The average Bonchev–Trinajstić information content (AvgIpc) is 3.36. The monoisotopic (exact) mass is 410 g/mol. The maximum Gasteiger partial charge on any atom is 0.356 e. The fourth-order valence-corrected chi connectivity index (χ4v) is 4.29. The molecule has 0 saturated carbocycles. The summed E-state index contributed by atoms with van der Waals surface area (Å²) in [6.45, 7) is 6.39. The van der Waals surface area contributed by atoms with E-state index in [4.69, 9.17) is 14.2 Å². The topological polar surface area (TPSA) is 73.4 Å². The van der Waals surface area contributed by atoms with E-state index in [9.17, 15) is 4.79 Å². The highest BCUT2D eigenvalue weighted by Crippen LogP contribution is 2.51. The van der Waals surface area contributed by atoms with E-state index in [2.05, 4.69) is 16.3 Å². The Morgan fingerprint density at radius 3 is 2.90 bits per heavy atom. The lowest BCUT2D eigenvalue weighted by atomic mass is 9.94. The predicted octanol–water partition coefficient (Wildman–Crippen LogP) is 5.31. The molecule has 1 aromatic carbocycles. The van der Waals surface area contributed by atoms with Crippen molar-refractivity contribution in [2.75, 3.05) is 13.7 Å². The number of hydrogen-bond acceptors (Lipinski definition) is 6. The molecule has 1 aliphatic rings. The van der Waals surface area contributed by atoms with Crippen molar-refractivity contribution in [2.45, 2.75) is 27.4 Å². The van der Waals surface area contributed by atoms with E-state index in [1.807, 2.05) is 37.4 Å². The number of nitrogens with zero attached hydrogens (tertiary/aromatic N) is 1. The highest BCUT2D eigenvalue weighted by Gasteiger charge is 2.31. The molecule has 3 heterocycles. The molecular weight excluding hydrogens is 388 g/mol. The molecule has 0 aliphatic carbocycles. The summed E-state index contributed by atoms with van der Waals surface area (Å²) in [4.78, 5) is 13.3. The van der Waals surface area contributed by atoms with Crippen LogP contribution in [0.5, 0.6) is 11.5 Å². The third-order valence-electron chi connectivity index (χ3n) is 4.64. The number of esters is 1. The molecule has 0 bridgehead atoms. The van der Waals surface area contributed by atoms with Crippen molar-refractivity contribution >= 4 is 23.4 Å². The molecule has 0 spiro atoms. The molecule has 4 rings (SSSR count). The van der Waals surface area contributed by atoms with Crippen LogP contribution in [0.25, 0.3) is 27.8 Å². The quantitative estimate of drug-likeness (QED) is 0.577. The molecule has 29 heavy (non-hydrogen) atoms. The lowest BCUT2D eigenvalue weighted by molar-refractivity contribution is 0.0516. The summed E-state index contributed by atoms with van der Waals surface area (Å²) in [5.41, 5.74) is 5.57. The number of allylic oxidation sites excluding steroid dienone is 1. The standard InChI is InChI=1S/C22H22N2O4S/c1-5-27-22(25)19-15-11-28-21-14(18(15)23-24-19)10-13(9-12(2)3)20(26-4)17(21)16-7-6-8-29-16/h6-10H,5,11H2,1-4H3,(H,23,24). The number of H-pyrrole nitrogens is 1. The molecule has 0 atom stereocenters. The molecule has 150 valence electrons. The molecular formula is C22H22N2O4S. The van der Waals surface area contributed by atoms with Gasteiger partial charge in [-0.3, -0.25) is 5.10 Å². The molecule has 7 heteroatoms. The number of carbonyl (C=O) groups is 1. The summed E-state index contributed by atoms with van der Waals surface area (Å²) < 4.78 is 17.1. The van der Waals surface area contributed by atoms with Crippen molar-refractivity contribution in [3.8, 4) is 33.2 Å². The number of aromatic nitrogens is 2. The lowest BCUT2D eigenvalue weighted by Crippen LogP contribution is -2.12. The van der Waals surface area contributed by atoms with Gasteiger partial charge in [0, 0.05) is 16.0 Å². The van der Waals surface area contributed by atoms with E-state index in [0.29, 0.717) is 29.3 Å². The van der Waals surface area contributed by atoms with Crippen molar-refractivity contribution in [1.82, 2.24) is 10.2 Å². The van der Waals surface area contributed by atoms with Crippen LogP contribution in [0.4, 0.5) is 0 Å². The van der Waals surface area contributed by atoms with E-state index in [0.717, 1.165) is 32.9 Å². The summed E-state index contributed by atoms with van der Waals surface area (Å²) in [6, 6.07) is 6.05. The minimum Gasteiger partial charge on any atom is -0.495 e. The van der Waals surface area contributed by atoms with Gasteiger partial charge in [-0.1, -0.05) is 17.7 Å². The van der Waals surface area contributed by atoms with E-state index in [-0.39, 0.29) is 6.61 Å². The van der Waals surface area contributed by atoms with Crippen LogP contribution >= 0.6 is 11.3 Å². The number of aromatic amines is 1. The number of thiophene rings is 1. The third kappa shape index (κ3) is 3.31. The molecule has 6 nitrogen and oxygen atoms in total. The first-order valence-electron chi connectivity index (χ1n) is 9.36. The van der Waals surface area contributed by atoms with Crippen LogP contribution in [0.3, 0.4) is 0 Å². The maximum atomic E-state index is 12.3. The predicted molar refractivity (Wildman–Crippen MR) is 114 cm³/mol. The number of methoxy groups -OCH3 is 1. The maximum absolute atomic E-state index is 12.3. The summed E-state index contributed by atoms with van der Waals surface area (Å²) in [5.74, 6) is 1.05. The van der Waals surface area contributed by atoms with Crippen molar-refractivity contribution in [3.63, 3.8) is 0 Å². The summed E-state index contributed by atoms with van der Waals surface area (Å²) >= 11 is 1.62. The molecule has 0 unspecified atom stereocenters. The van der Waals surface area contributed by atoms with E-state index >= 15 is 0 Å². The van der Waals surface area contributed by atoms with Gasteiger partial charge < -0.3 is 14.2 Å². The first-order valence-corrected chi connectivity index (χ1v) is 10.2. The zero-order valence-corrected chi connectivity index (χ0v) is 17.6. The van der Waals surface area contributed by atoms with E-state index in [1.165, 1.54) is 0 Å². The second-order valence-electron chi connectivity index (χ2n) is 6.88. The number of benzene rings is 1. The molecule has 1 N–H and O–H groups in total. The van der Waals surface area contributed by atoms with Gasteiger partial charge in [0.25, 0.3) is 0 Å². The van der Waals surface area contributed by atoms with Crippen LogP contribution in [0.1, 0.15) is 42.4 Å². The van der Waals surface area contributed by atoms with Gasteiger partial charge in [-0.2, -0.15) is 5.10 Å². The molecule has 0 saturated heterocycles. The smallest absolute Gasteiger partial charge is 0.356 e. The van der Waals surface area contributed by atoms with Gasteiger partial charge >= 0.3 is 5.97 Å². The fourth-order valence-electron chi connectivity index (χ4n) is 3.52. The number of rotatable bonds is 5. The first kappa shape index (κ1) is 19.3. The van der Waals surface area contributed by atoms with Gasteiger partial charge in [0.1, 0.15) is 23.8 Å². The Balaban J connectivity index is 1.98. The van der Waals surface area contributed by atoms with Crippen LogP contribution in [0, 0.1) is 0 Å². The van der Waals surface area contributed by atoms with Crippen LogP contribution in [0.15, 0.2) is 29.2 Å². The minimum atomic E-state index is -0.426. The number of nitrogens with one attached hydrogen (secondary N) is 1. The molecule has 3 aromatic rings. The normalized spacial score (nSPS) is 11.9. The largest absolute Gasteiger partial charge is 0.495 e. The Hall–Kier alpha value is -3.06. The second kappa shape index (κ2) is 7.75. The van der Waals surface area contributed by atoms with E-state index in [1.54, 1.807) is 25.4 Å². The van der Waals surface area contributed by atoms with Gasteiger partial charge in [0.15, 0.2) is 5.69 Å². The highest BCUT2D eigenvalue weighted by atomic mass is 32.1. The highest BCUT2D eigenvalue weighted by molar-refractivity contribution is 7.13. The van der Waals surface area contributed by atoms with Crippen molar-refractivity contribution in [1.29, 1.82) is 0 Å². The Kier molecular flexibility index (Phi) is 5.15. The Morgan fingerprint density at radius 2 is 2.24 bits per heavy atom. The zero-order chi connectivity index (χ0) is 20.5. The third-order valence-corrected chi connectivity index (χ3v) is 5.53. The summed E-state index contributed by atoms with van der Waals surface area (Å²) in [6.07, 6.45) is 2.07. The van der Waals surface area contributed by atoms with Crippen LogP contribution in [-0.4, -0.2) is 29.9 Å². The van der Waals surface area contributed by atoms with Crippen molar-refractivity contribution < 1.29 is 19.0 Å². The van der Waals surface area contributed by atoms with Crippen molar-refractivity contribution in [3.05, 3.63) is 46.0 Å². The van der Waals surface area contributed by atoms with Gasteiger partial charge in [-0.15, -0.1) is 11.3 Å². The fraction of sp³-hybridized carbons (Fsp3) is 0.273.